The maximum absolute atomic E-state index is 12.5. The Kier molecular flexibility index (Phi) is 5.49. The van der Waals surface area contributed by atoms with Crippen molar-refractivity contribution >= 4 is 29.0 Å². The van der Waals surface area contributed by atoms with E-state index in [4.69, 9.17) is 11.6 Å². The lowest BCUT2D eigenvalue weighted by atomic mass is 10.1. The standard InChI is InChI=1S/C20H19ClN4O/c1-13-3-5-15(6-4-13)12-22-19-11-18(23-14(2)24-19)20(26)25-17-9-7-16(21)8-10-17/h3-11H,12H2,1-2H3,(H,25,26)(H,22,23,24). The number of carbonyl (C=O) groups is 1. The molecule has 2 N–H and O–H groups in total. The van der Waals surface area contributed by atoms with Gasteiger partial charge in [-0.2, -0.15) is 0 Å². The molecular weight excluding hydrogens is 348 g/mol. The van der Waals surface area contributed by atoms with Gasteiger partial charge in [0.2, 0.25) is 0 Å². The first-order valence-corrected chi connectivity index (χ1v) is 8.59. The number of aromatic nitrogens is 2. The number of benzene rings is 2. The normalized spacial score (nSPS) is 10.4. The number of anilines is 2. The van der Waals surface area contributed by atoms with Crippen LogP contribution < -0.4 is 10.6 Å². The van der Waals surface area contributed by atoms with Crippen LogP contribution in [0.2, 0.25) is 5.02 Å². The lowest BCUT2D eigenvalue weighted by Crippen LogP contribution is -2.15. The Hall–Kier alpha value is -2.92. The molecule has 0 saturated carbocycles. The molecular formula is C20H19ClN4O. The second kappa shape index (κ2) is 7.97. The van der Waals surface area contributed by atoms with Crippen molar-refractivity contribution < 1.29 is 4.79 Å². The minimum absolute atomic E-state index is 0.295. The van der Waals surface area contributed by atoms with Gasteiger partial charge < -0.3 is 10.6 Å². The molecule has 1 amide bonds. The van der Waals surface area contributed by atoms with Crippen LogP contribution in [-0.4, -0.2) is 15.9 Å². The molecule has 0 radical (unpaired) electrons. The Morgan fingerprint density at radius 1 is 1.00 bits per heavy atom. The number of halogens is 1. The van der Waals surface area contributed by atoms with E-state index in [1.807, 2.05) is 0 Å². The van der Waals surface area contributed by atoms with Crippen LogP contribution >= 0.6 is 11.6 Å². The smallest absolute Gasteiger partial charge is 0.274 e. The number of amides is 1. The number of hydrogen-bond acceptors (Lipinski definition) is 4. The van der Waals surface area contributed by atoms with Gasteiger partial charge in [0.15, 0.2) is 0 Å². The molecule has 5 nitrogen and oxygen atoms in total. The highest BCUT2D eigenvalue weighted by Gasteiger charge is 2.11. The summed E-state index contributed by atoms with van der Waals surface area (Å²) in [5, 5.41) is 6.66. The molecule has 3 aromatic rings. The van der Waals surface area contributed by atoms with E-state index < -0.39 is 0 Å². The van der Waals surface area contributed by atoms with Crippen molar-refractivity contribution in [3.8, 4) is 0 Å². The Labute approximate surface area is 157 Å². The van der Waals surface area contributed by atoms with E-state index in [-0.39, 0.29) is 5.91 Å². The number of rotatable bonds is 5. The second-order valence-corrected chi connectivity index (χ2v) is 6.42. The zero-order valence-corrected chi connectivity index (χ0v) is 15.3. The van der Waals surface area contributed by atoms with Crippen molar-refractivity contribution in [3.63, 3.8) is 0 Å². The average Bonchev–Trinajstić information content (AvgIpc) is 2.63. The summed E-state index contributed by atoms with van der Waals surface area (Å²) in [4.78, 5) is 21.0. The highest BCUT2D eigenvalue weighted by atomic mass is 35.5. The maximum Gasteiger partial charge on any atom is 0.274 e. The maximum atomic E-state index is 12.5. The minimum Gasteiger partial charge on any atom is -0.366 e. The molecule has 0 spiro atoms. The Bertz CT molecular complexity index is 908. The van der Waals surface area contributed by atoms with Gasteiger partial charge in [0.1, 0.15) is 17.3 Å². The summed E-state index contributed by atoms with van der Waals surface area (Å²) >= 11 is 5.86. The average molecular weight is 367 g/mol. The largest absolute Gasteiger partial charge is 0.366 e. The van der Waals surface area contributed by atoms with Gasteiger partial charge in [-0.05, 0) is 43.7 Å². The van der Waals surface area contributed by atoms with Crippen molar-refractivity contribution in [2.24, 2.45) is 0 Å². The van der Waals surface area contributed by atoms with Gasteiger partial charge in [0.25, 0.3) is 5.91 Å². The lowest BCUT2D eigenvalue weighted by Gasteiger charge is -2.09. The quantitative estimate of drug-likeness (QED) is 0.691. The summed E-state index contributed by atoms with van der Waals surface area (Å²) in [5.41, 5.74) is 3.32. The molecule has 0 unspecified atom stereocenters. The number of nitrogens with one attached hydrogen (secondary N) is 2. The Balaban J connectivity index is 1.71. The molecule has 26 heavy (non-hydrogen) atoms. The van der Waals surface area contributed by atoms with Gasteiger partial charge in [-0.1, -0.05) is 41.4 Å². The molecule has 1 heterocycles. The third kappa shape index (κ3) is 4.80. The SMILES string of the molecule is Cc1ccc(CNc2cc(C(=O)Nc3ccc(Cl)cc3)nc(C)n2)cc1. The van der Waals surface area contributed by atoms with Crippen LogP contribution in [0.3, 0.4) is 0 Å². The number of carbonyl (C=O) groups excluding carboxylic acids is 1. The number of aryl methyl sites for hydroxylation is 2. The van der Waals surface area contributed by atoms with Crippen molar-refractivity contribution in [2.45, 2.75) is 20.4 Å². The van der Waals surface area contributed by atoms with E-state index in [2.05, 4.69) is 51.8 Å². The summed E-state index contributed by atoms with van der Waals surface area (Å²) in [5.74, 6) is 0.843. The molecule has 3 rings (SSSR count). The van der Waals surface area contributed by atoms with E-state index in [1.54, 1.807) is 37.3 Å². The van der Waals surface area contributed by atoms with E-state index in [0.717, 1.165) is 5.56 Å². The van der Waals surface area contributed by atoms with Crippen LogP contribution in [0.25, 0.3) is 0 Å². The van der Waals surface area contributed by atoms with Gasteiger partial charge in [0.05, 0.1) is 0 Å². The zero-order valence-electron chi connectivity index (χ0n) is 14.6. The van der Waals surface area contributed by atoms with Crippen LogP contribution in [0.1, 0.15) is 27.4 Å². The summed E-state index contributed by atoms with van der Waals surface area (Å²) in [6.45, 7) is 4.43. The first-order chi connectivity index (χ1) is 12.5. The molecule has 0 aliphatic carbocycles. The molecule has 6 heteroatoms. The van der Waals surface area contributed by atoms with Crippen LogP contribution in [0.5, 0.6) is 0 Å². The van der Waals surface area contributed by atoms with E-state index in [0.29, 0.717) is 34.6 Å². The van der Waals surface area contributed by atoms with Crippen LogP contribution in [0.4, 0.5) is 11.5 Å². The van der Waals surface area contributed by atoms with Gasteiger partial charge in [-0.15, -0.1) is 0 Å². The summed E-state index contributed by atoms with van der Waals surface area (Å²) in [6, 6.07) is 16.8. The monoisotopic (exact) mass is 366 g/mol. The molecule has 0 fully saturated rings. The Morgan fingerprint density at radius 3 is 2.38 bits per heavy atom. The molecule has 0 aliphatic heterocycles. The minimum atomic E-state index is -0.295. The fraction of sp³-hybridized carbons (Fsp3) is 0.150. The number of nitrogens with zero attached hydrogens (tertiary/aromatic N) is 2. The van der Waals surface area contributed by atoms with Crippen molar-refractivity contribution in [1.29, 1.82) is 0 Å². The zero-order chi connectivity index (χ0) is 18.5. The van der Waals surface area contributed by atoms with Crippen LogP contribution in [-0.2, 0) is 6.54 Å². The molecule has 1 aromatic heterocycles. The lowest BCUT2D eigenvalue weighted by molar-refractivity contribution is 0.102. The van der Waals surface area contributed by atoms with Crippen LogP contribution in [0.15, 0.2) is 54.6 Å². The molecule has 0 atom stereocenters. The third-order valence-corrected chi connectivity index (χ3v) is 4.02. The van der Waals surface area contributed by atoms with Gasteiger partial charge in [-0.3, -0.25) is 4.79 Å². The first kappa shape index (κ1) is 17.9. The topological polar surface area (TPSA) is 66.9 Å². The Morgan fingerprint density at radius 2 is 1.69 bits per heavy atom. The molecule has 132 valence electrons. The fourth-order valence-corrected chi connectivity index (χ4v) is 2.53. The van der Waals surface area contributed by atoms with E-state index in [9.17, 15) is 4.79 Å². The predicted octanol–water partition coefficient (Wildman–Crippen LogP) is 4.61. The predicted molar refractivity (Wildman–Crippen MR) is 105 cm³/mol. The molecule has 0 saturated heterocycles. The number of hydrogen-bond donors (Lipinski definition) is 2. The summed E-state index contributed by atoms with van der Waals surface area (Å²) < 4.78 is 0. The fourth-order valence-electron chi connectivity index (χ4n) is 2.40. The van der Waals surface area contributed by atoms with E-state index >= 15 is 0 Å². The van der Waals surface area contributed by atoms with Crippen LogP contribution in [0, 0.1) is 13.8 Å². The molecule has 0 bridgehead atoms. The van der Waals surface area contributed by atoms with Crippen molar-refractivity contribution in [1.82, 2.24) is 9.97 Å². The van der Waals surface area contributed by atoms with Crippen molar-refractivity contribution in [3.05, 3.63) is 82.3 Å². The molecule has 2 aromatic carbocycles. The van der Waals surface area contributed by atoms with Gasteiger partial charge in [-0.25, -0.2) is 9.97 Å². The summed E-state index contributed by atoms with van der Waals surface area (Å²) in [6.07, 6.45) is 0. The second-order valence-electron chi connectivity index (χ2n) is 5.99. The van der Waals surface area contributed by atoms with Crippen molar-refractivity contribution in [2.75, 3.05) is 10.6 Å². The summed E-state index contributed by atoms with van der Waals surface area (Å²) in [7, 11) is 0. The van der Waals surface area contributed by atoms with Gasteiger partial charge in [0, 0.05) is 23.3 Å². The highest BCUT2D eigenvalue weighted by Crippen LogP contribution is 2.15. The third-order valence-electron chi connectivity index (χ3n) is 3.77. The molecule has 0 aliphatic rings. The van der Waals surface area contributed by atoms with E-state index in [1.165, 1.54) is 5.56 Å². The van der Waals surface area contributed by atoms with Gasteiger partial charge >= 0.3 is 0 Å². The highest BCUT2D eigenvalue weighted by molar-refractivity contribution is 6.30. The first-order valence-electron chi connectivity index (χ1n) is 8.21.